The van der Waals surface area contributed by atoms with Crippen molar-refractivity contribution in [3.05, 3.63) is 41.7 Å². The third-order valence-electron chi connectivity index (χ3n) is 4.84. The fraction of sp³-hybridized carbons (Fsp3) is 0.500. The molecule has 0 saturated carbocycles. The molecule has 0 aliphatic carbocycles. The lowest BCUT2D eigenvalue weighted by Gasteiger charge is -2.38. The van der Waals surface area contributed by atoms with E-state index in [0.717, 1.165) is 5.56 Å². The Bertz CT molecular complexity index is 822. The third-order valence-corrected chi connectivity index (χ3v) is 4.84. The van der Waals surface area contributed by atoms with Gasteiger partial charge in [0.1, 0.15) is 11.5 Å². The quantitative estimate of drug-likeness (QED) is 0.896. The van der Waals surface area contributed by atoms with Gasteiger partial charge in [-0.25, -0.2) is 14.8 Å². The van der Waals surface area contributed by atoms with Crippen LogP contribution in [0.4, 0.5) is 0 Å². The maximum absolute atomic E-state index is 12.8. The van der Waals surface area contributed by atoms with E-state index in [2.05, 4.69) is 15.1 Å². The van der Waals surface area contributed by atoms with Crippen molar-refractivity contribution in [1.82, 2.24) is 24.6 Å². The van der Waals surface area contributed by atoms with Crippen molar-refractivity contribution >= 4 is 11.9 Å². The first-order valence-electron chi connectivity index (χ1n) is 8.71. The molecule has 8 heteroatoms. The summed E-state index contributed by atoms with van der Waals surface area (Å²) >= 11 is 0. The van der Waals surface area contributed by atoms with E-state index >= 15 is 0 Å². The van der Waals surface area contributed by atoms with Crippen LogP contribution >= 0.6 is 0 Å². The molecule has 1 saturated heterocycles. The van der Waals surface area contributed by atoms with Gasteiger partial charge in [0.2, 0.25) is 0 Å². The van der Waals surface area contributed by atoms with E-state index in [-0.39, 0.29) is 11.8 Å². The van der Waals surface area contributed by atoms with Crippen LogP contribution in [-0.2, 0) is 10.3 Å². The molecule has 3 heterocycles. The molecule has 0 spiro atoms. The number of rotatable bonds is 4. The predicted molar refractivity (Wildman–Crippen MR) is 93.8 cm³/mol. The molecule has 2 aromatic heterocycles. The maximum Gasteiger partial charge on any atom is 0.331 e. The molecule has 3 rings (SSSR count). The normalized spacial score (nSPS) is 16.7. The molecule has 0 unspecified atom stereocenters. The minimum Gasteiger partial charge on any atom is -0.479 e. The highest BCUT2D eigenvalue weighted by Crippen LogP contribution is 2.31. The Morgan fingerprint density at radius 1 is 1.27 bits per heavy atom. The molecular formula is C18H23N5O3. The van der Waals surface area contributed by atoms with Crippen LogP contribution in [0.1, 0.15) is 54.5 Å². The Hall–Kier alpha value is -2.77. The van der Waals surface area contributed by atoms with E-state index in [1.165, 1.54) is 4.68 Å². The fourth-order valence-electron chi connectivity index (χ4n) is 3.20. The first-order valence-corrected chi connectivity index (χ1v) is 8.71. The van der Waals surface area contributed by atoms with Gasteiger partial charge in [0, 0.05) is 44.2 Å². The SMILES string of the molecule is Cc1cnn(C2(C(=O)O)CCN(C(=O)c3ccnc(C(C)C)n3)CC2)c1. The number of hydrogen-bond donors (Lipinski definition) is 1. The van der Waals surface area contributed by atoms with Gasteiger partial charge < -0.3 is 10.0 Å². The average Bonchev–Trinajstić information content (AvgIpc) is 3.08. The van der Waals surface area contributed by atoms with Gasteiger partial charge in [-0.15, -0.1) is 0 Å². The van der Waals surface area contributed by atoms with Crippen LogP contribution < -0.4 is 0 Å². The number of aromatic nitrogens is 4. The summed E-state index contributed by atoms with van der Waals surface area (Å²) in [5.41, 5.74) is 0.146. The highest BCUT2D eigenvalue weighted by atomic mass is 16.4. The van der Waals surface area contributed by atoms with Gasteiger partial charge in [-0.05, 0) is 18.6 Å². The molecular weight excluding hydrogens is 334 g/mol. The van der Waals surface area contributed by atoms with Crippen molar-refractivity contribution in [1.29, 1.82) is 0 Å². The zero-order valence-corrected chi connectivity index (χ0v) is 15.2. The molecule has 26 heavy (non-hydrogen) atoms. The van der Waals surface area contributed by atoms with Crippen LogP contribution in [0, 0.1) is 6.92 Å². The first-order chi connectivity index (χ1) is 12.3. The second kappa shape index (κ2) is 6.86. The molecule has 1 aliphatic rings. The van der Waals surface area contributed by atoms with Gasteiger partial charge >= 0.3 is 5.97 Å². The van der Waals surface area contributed by atoms with Crippen molar-refractivity contribution in [2.75, 3.05) is 13.1 Å². The third kappa shape index (κ3) is 3.18. The Labute approximate surface area is 151 Å². The van der Waals surface area contributed by atoms with Crippen molar-refractivity contribution < 1.29 is 14.7 Å². The molecule has 8 nitrogen and oxygen atoms in total. The smallest absolute Gasteiger partial charge is 0.331 e. The summed E-state index contributed by atoms with van der Waals surface area (Å²) in [5, 5.41) is 14.0. The first kappa shape index (κ1) is 18.0. The van der Waals surface area contributed by atoms with Gasteiger partial charge in [-0.2, -0.15) is 5.10 Å². The summed E-state index contributed by atoms with van der Waals surface area (Å²) in [6.45, 7) is 6.49. The molecule has 0 bridgehead atoms. The second-order valence-electron chi connectivity index (χ2n) is 7.05. The number of likely N-dealkylation sites (tertiary alicyclic amines) is 1. The van der Waals surface area contributed by atoms with Gasteiger partial charge in [-0.3, -0.25) is 9.48 Å². The standard InChI is InChI=1S/C18H23N5O3/c1-12(2)15-19-7-4-14(21-15)16(24)22-8-5-18(6-9-22,17(25)26)23-11-13(3)10-20-23/h4,7,10-12H,5-6,8-9H2,1-3H3,(H,25,26). The number of nitrogens with zero attached hydrogens (tertiary/aromatic N) is 5. The maximum atomic E-state index is 12.8. The monoisotopic (exact) mass is 357 g/mol. The second-order valence-corrected chi connectivity index (χ2v) is 7.05. The number of aliphatic carboxylic acids is 1. The Morgan fingerprint density at radius 3 is 2.50 bits per heavy atom. The van der Waals surface area contributed by atoms with Crippen LogP contribution in [0.5, 0.6) is 0 Å². The summed E-state index contributed by atoms with van der Waals surface area (Å²) in [4.78, 5) is 34.9. The van der Waals surface area contributed by atoms with Crippen molar-refractivity contribution in [2.45, 2.75) is 45.1 Å². The summed E-state index contributed by atoms with van der Waals surface area (Å²) < 4.78 is 1.52. The number of carbonyl (C=O) groups is 2. The number of carbonyl (C=O) groups excluding carboxylic acids is 1. The van der Waals surface area contributed by atoms with Crippen molar-refractivity contribution in [3.8, 4) is 0 Å². The van der Waals surface area contributed by atoms with E-state index in [1.807, 2.05) is 20.8 Å². The van der Waals surface area contributed by atoms with Gasteiger partial charge in [0.15, 0.2) is 5.54 Å². The zero-order valence-electron chi connectivity index (χ0n) is 15.2. The largest absolute Gasteiger partial charge is 0.479 e. The van der Waals surface area contributed by atoms with Gasteiger partial charge in [0.25, 0.3) is 5.91 Å². The molecule has 0 aromatic carbocycles. The number of carboxylic acid groups (broad SMARTS) is 1. The number of piperidine rings is 1. The zero-order chi connectivity index (χ0) is 18.9. The van der Waals surface area contributed by atoms with Crippen LogP contribution in [0.15, 0.2) is 24.7 Å². The minimum absolute atomic E-state index is 0.131. The number of hydrogen-bond acceptors (Lipinski definition) is 5. The minimum atomic E-state index is -1.11. The molecule has 0 radical (unpaired) electrons. The van der Waals surface area contributed by atoms with E-state index in [4.69, 9.17) is 0 Å². The lowest BCUT2D eigenvalue weighted by Crippen LogP contribution is -2.52. The molecule has 138 valence electrons. The Kier molecular flexibility index (Phi) is 4.76. The summed E-state index contributed by atoms with van der Waals surface area (Å²) in [6, 6.07) is 1.60. The Balaban J connectivity index is 1.78. The summed E-state index contributed by atoms with van der Waals surface area (Å²) in [6.07, 6.45) is 5.59. The molecule has 2 aromatic rings. The van der Waals surface area contributed by atoms with Crippen LogP contribution in [0.3, 0.4) is 0 Å². The van der Waals surface area contributed by atoms with Crippen LogP contribution in [0.25, 0.3) is 0 Å². The molecule has 1 aliphatic heterocycles. The number of carboxylic acids is 1. The van der Waals surface area contributed by atoms with Gasteiger partial charge in [-0.1, -0.05) is 13.8 Å². The number of aryl methyl sites for hydroxylation is 1. The highest BCUT2D eigenvalue weighted by molar-refractivity contribution is 5.92. The molecule has 1 amide bonds. The molecule has 1 fully saturated rings. The van der Waals surface area contributed by atoms with E-state index in [0.29, 0.717) is 37.4 Å². The molecule has 1 N–H and O–H groups in total. The van der Waals surface area contributed by atoms with Crippen molar-refractivity contribution in [2.24, 2.45) is 0 Å². The predicted octanol–water partition coefficient (Wildman–Crippen LogP) is 1.82. The number of amides is 1. The van der Waals surface area contributed by atoms with Crippen molar-refractivity contribution in [3.63, 3.8) is 0 Å². The van der Waals surface area contributed by atoms with Crippen LogP contribution in [0.2, 0.25) is 0 Å². The average molecular weight is 357 g/mol. The topological polar surface area (TPSA) is 101 Å². The fourth-order valence-corrected chi connectivity index (χ4v) is 3.20. The lowest BCUT2D eigenvalue weighted by molar-refractivity contribution is -0.150. The van der Waals surface area contributed by atoms with Gasteiger partial charge in [0.05, 0.1) is 6.20 Å². The van der Waals surface area contributed by atoms with E-state index in [9.17, 15) is 14.7 Å². The lowest BCUT2D eigenvalue weighted by atomic mass is 9.87. The Morgan fingerprint density at radius 2 is 1.96 bits per heavy atom. The van der Waals surface area contributed by atoms with E-state index in [1.54, 1.807) is 29.6 Å². The summed E-state index contributed by atoms with van der Waals surface area (Å²) in [7, 11) is 0. The molecule has 0 atom stereocenters. The highest BCUT2D eigenvalue weighted by Gasteiger charge is 2.45. The van der Waals surface area contributed by atoms with Crippen LogP contribution in [-0.4, -0.2) is 54.7 Å². The van der Waals surface area contributed by atoms with E-state index < -0.39 is 11.5 Å². The summed E-state index contributed by atoms with van der Waals surface area (Å²) in [5.74, 6) is -0.353.